The molecule has 18 heavy (non-hydrogen) atoms. The highest BCUT2D eigenvalue weighted by Crippen LogP contribution is 2.45. The van der Waals surface area contributed by atoms with Gasteiger partial charge in [-0.25, -0.2) is 0 Å². The van der Waals surface area contributed by atoms with Crippen molar-refractivity contribution >= 4 is 0 Å². The van der Waals surface area contributed by atoms with Crippen molar-refractivity contribution in [3.05, 3.63) is 29.3 Å². The molecule has 0 aliphatic heterocycles. The molecule has 2 rings (SSSR count). The van der Waals surface area contributed by atoms with Crippen LogP contribution in [0.1, 0.15) is 43.7 Å². The summed E-state index contributed by atoms with van der Waals surface area (Å²) < 4.78 is 5.51. The first-order valence-electron chi connectivity index (χ1n) is 6.99. The number of nitrogens with one attached hydrogen (secondary N) is 1. The van der Waals surface area contributed by atoms with E-state index in [4.69, 9.17) is 4.74 Å². The Bertz CT molecular complexity index is 400. The molecule has 2 nitrogen and oxygen atoms in total. The van der Waals surface area contributed by atoms with Gasteiger partial charge >= 0.3 is 0 Å². The minimum absolute atomic E-state index is 0.575. The molecular weight excluding hydrogens is 222 g/mol. The van der Waals surface area contributed by atoms with E-state index in [1.807, 2.05) is 0 Å². The second-order valence-electron chi connectivity index (χ2n) is 5.75. The minimum atomic E-state index is 0.575. The average Bonchev–Trinajstić information content (AvgIpc) is 2.27. The van der Waals surface area contributed by atoms with Crippen LogP contribution >= 0.6 is 0 Å². The van der Waals surface area contributed by atoms with Crippen molar-refractivity contribution in [1.82, 2.24) is 5.32 Å². The third-order valence-electron chi connectivity index (χ3n) is 3.99. The zero-order valence-electron chi connectivity index (χ0n) is 12.0. The molecule has 1 N–H and O–H groups in total. The lowest BCUT2D eigenvalue weighted by Crippen LogP contribution is -2.36. The second-order valence-corrected chi connectivity index (χ2v) is 5.75. The van der Waals surface area contributed by atoms with Crippen molar-refractivity contribution in [3.63, 3.8) is 0 Å². The van der Waals surface area contributed by atoms with E-state index >= 15 is 0 Å². The average molecular weight is 247 g/mol. The molecule has 1 saturated carbocycles. The molecule has 2 atom stereocenters. The standard InChI is InChI=1S/C16H25NO/c1-11(2)17-10-13-6-7-14(13)15-9-12(3)5-8-16(15)18-4/h5,8-9,11,13-14,17H,6-7,10H2,1-4H3. The molecule has 0 radical (unpaired) electrons. The summed E-state index contributed by atoms with van der Waals surface area (Å²) in [6.45, 7) is 7.70. The van der Waals surface area contributed by atoms with Gasteiger partial charge in [-0.1, -0.05) is 31.5 Å². The molecule has 1 aliphatic rings. The van der Waals surface area contributed by atoms with Crippen LogP contribution in [0.2, 0.25) is 0 Å². The summed E-state index contributed by atoms with van der Waals surface area (Å²) >= 11 is 0. The third kappa shape index (κ3) is 2.86. The fourth-order valence-electron chi connectivity index (χ4n) is 2.75. The molecule has 2 heteroatoms. The normalized spacial score (nSPS) is 22.9. The summed E-state index contributed by atoms with van der Waals surface area (Å²) in [6, 6.07) is 7.11. The summed E-state index contributed by atoms with van der Waals surface area (Å²) in [6.07, 6.45) is 2.63. The second kappa shape index (κ2) is 5.75. The summed E-state index contributed by atoms with van der Waals surface area (Å²) in [7, 11) is 1.77. The van der Waals surface area contributed by atoms with Crippen molar-refractivity contribution in [2.24, 2.45) is 5.92 Å². The lowest BCUT2D eigenvalue weighted by atomic mass is 9.69. The van der Waals surface area contributed by atoms with Gasteiger partial charge in [-0.3, -0.25) is 0 Å². The van der Waals surface area contributed by atoms with Crippen LogP contribution in [0, 0.1) is 12.8 Å². The quantitative estimate of drug-likeness (QED) is 0.860. The van der Waals surface area contributed by atoms with E-state index in [0.29, 0.717) is 12.0 Å². The van der Waals surface area contributed by atoms with Crippen LogP contribution in [-0.4, -0.2) is 19.7 Å². The maximum absolute atomic E-state index is 5.51. The van der Waals surface area contributed by atoms with Gasteiger partial charge in [0.25, 0.3) is 0 Å². The molecule has 100 valence electrons. The first kappa shape index (κ1) is 13.4. The van der Waals surface area contributed by atoms with Crippen LogP contribution < -0.4 is 10.1 Å². The number of aryl methyl sites for hydroxylation is 1. The van der Waals surface area contributed by atoms with E-state index < -0.39 is 0 Å². The maximum atomic E-state index is 5.51. The van der Waals surface area contributed by atoms with Gasteiger partial charge in [0.2, 0.25) is 0 Å². The minimum Gasteiger partial charge on any atom is -0.496 e. The molecular formula is C16H25NO. The molecule has 1 fully saturated rings. The Hall–Kier alpha value is -1.02. The third-order valence-corrected chi connectivity index (χ3v) is 3.99. The van der Waals surface area contributed by atoms with Gasteiger partial charge < -0.3 is 10.1 Å². The molecule has 1 aromatic carbocycles. The molecule has 0 bridgehead atoms. The summed E-state index contributed by atoms with van der Waals surface area (Å²) in [5, 5.41) is 3.56. The van der Waals surface area contributed by atoms with Gasteiger partial charge in [0, 0.05) is 6.04 Å². The largest absolute Gasteiger partial charge is 0.496 e. The van der Waals surface area contributed by atoms with Crippen molar-refractivity contribution in [2.75, 3.05) is 13.7 Å². The highest BCUT2D eigenvalue weighted by Gasteiger charge is 2.33. The zero-order valence-corrected chi connectivity index (χ0v) is 12.0. The number of benzene rings is 1. The van der Waals surface area contributed by atoms with Crippen LogP contribution in [0.4, 0.5) is 0 Å². The van der Waals surface area contributed by atoms with Gasteiger partial charge in [-0.2, -0.15) is 0 Å². The summed E-state index contributed by atoms with van der Waals surface area (Å²) in [4.78, 5) is 0. The van der Waals surface area contributed by atoms with E-state index in [1.54, 1.807) is 7.11 Å². The van der Waals surface area contributed by atoms with Gasteiger partial charge in [-0.15, -0.1) is 0 Å². The van der Waals surface area contributed by atoms with Crippen molar-refractivity contribution in [3.8, 4) is 5.75 Å². The predicted molar refractivity (Wildman–Crippen MR) is 76.3 cm³/mol. The Balaban J connectivity index is 2.09. The molecule has 1 aliphatic carbocycles. The maximum Gasteiger partial charge on any atom is 0.122 e. The Morgan fingerprint density at radius 2 is 2.11 bits per heavy atom. The Kier molecular flexibility index (Phi) is 4.28. The molecule has 0 heterocycles. The lowest BCUT2D eigenvalue weighted by Gasteiger charge is -2.38. The highest BCUT2D eigenvalue weighted by molar-refractivity contribution is 5.40. The number of methoxy groups -OCH3 is 1. The fraction of sp³-hybridized carbons (Fsp3) is 0.625. The highest BCUT2D eigenvalue weighted by atomic mass is 16.5. The molecule has 2 unspecified atom stereocenters. The number of ether oxygens (including phenoxy) is 1. The SMILES string of the molecule is COc1ccc(C)cc1C1CCC1CNC(C)C. The van der Waals surface area contributed by atoms with Crippen molar-refractivity contribution < 1.29 is 4.74 Å². The smallest absolute Gasteiger partial charge is 0.122 e. The van der Waals surface area contributed by atoms with Crippen molar-refractivity contribution in [1.29, 1.82) is 0 Å². The number of rotatable bonds is 5. The number of hydrogen-bond donors (Lipinski definition) is 1. The molecule has 0 aromatic heterocycles. The van der Waals surface area contributed by atoms with Crippen molar-refractivity contribution in [2.45, 2.75) is 45.6 Å². The monoisotopic (exact) mass is 247 g/mol. The van der Waals surface area contributed by atoms with E-state index in [2.05, 4.69) is 44.3 Å². The van der Waals surface area contributed by atoms with E-state index in [-0.39, 0.29) is 0 Å². The number of hydrogen-bond acceptors (Lipinski definition) is 2. The summed E-state index contributed by atoms with van der Waals surface area (Å²) in [5.74, 6) is 2.49. The first-order valence-corrected chi connectivity index (χ1v) is 6.99. The molecule has 1 aromatic rings. The zero-order chi connectivity index (χ0) is 13.1. The Morgan fingerprint density at radius 3 is 2.67 bits per heavy atom. The van der Waals surface area contributed by atoms with Crippen LogP contribution in [0.5, 0.6) is 5.75 Å². The predicted octanol–water partition coefficient (Wildman–Crippen LogP) is 3.50. The van der Waals surface area contributed by atoms with Gasteiger partial charge in [0.1, 0.15) is 5.75 Å². The Morgan fingerprint density at radius 1 is 1.33 bits per heavy atom. The molecule has 0 amide bonds. The van der Waals surface area contributed by atoms with E-state index in [9.17, 15) is 0 Å². The lowest BCUT2D eigenvalue weighted by molar-refractivity contribution is 0.235. The van der Waals surface area contributed by atoms with E-state index in [1.165, 1.54) is 24.0 Å². The molecule has 0 saturated heterocycles. The van der Waals surface area contributed by atoms with Crippen LogP contribution in [0.25, 0.3) is 0 Å². The summed E-state index contributed by atoms with van der Waals surface area (Å²) in [5.41, 5.74) is 2.73. The topological polar surface area (TPSA) is 21.3 Å². The van der Waals surface area contributed by atoms with E-state index in [0.717, 1.165) is 18.2 Å². The fourth-order valence-corrected chi connectivity index (χ4v) is 2.75. The Labute approximate surface area is 111 Å². The molecule has 0 spiro atoms. The van der Waals surface area contributed by atoms with Crippen LogP contribution in [-0.2, 0) is 0 Å². The van der Waals surface area contributed by atoms with Crippen LogP contribution in [0.3, 0.4) is 0 Å². The first-order chi connectivity index (χ1) is 8.61. The van der Waals surface area contributed by atoms with Crippen LogP contribution in [0.15, 0.2) is 18.2 Å². The van der Waals surface area contributed by atoms with Gasteiger partial charge in [0.05, 0.1) is 7.11 Å². The van der Waals surface area contributed by atoms with Gasteiger partial charge in [0.15, 0.2) is 0 Å². The van der Waals surface area contributed by atoms with Gasteiger partial charge in [-0.05, 0) is 49.8 Å².